The third-order valence-corrected chi connectivity index (χ3v) is 5.87. The Morgan fingerprint density at radius 2 is 1.13 bits per heavy atom. The molecule has 1 N–H and O–H groups in total. The summed E-state index contributed by atoms with van der Waals surface area (Å²) in [4.78, 5) is 2.53. The van der Waals surface area contributed by atoms with Gasteiger partial charge in [-0.05, 0) is 50.0 Å². The molecule has 3 heteroatoms. The maximum Gasteiger partial charge on any atom is 0.120 e. The van der Waals surface area contributed by atoms with Crippen molar-refractivity contribution in [2.24, 2.45) is 5.41 Å². The van der Waals surface area contributed by atoms with E-state index in [1.165, 1.54) is 0 Å². The van der Waals surface area contributed by atoms with E-state index in [1.54, 1.807) is 0 Å². The second-order valence-electron chi connectivity index (χ2n) is 6.81. The van der Waals surface area contributed by atoms with Crippen LogP contribution in [-0.2, 0) is 5.60 Å². The Hall–Kier alpha value is -1.35. The molecule has 0 aromatic heterocycles. The molecule has 3 saturated heterocycles. The Labute approximate surface area is 144 Å². The zero-order valence-corrected chi connectivity index (χ0v) is 14.1. The molecular formula is C20H24ClNO. The lowest BCUT2D eigenvalue weighted by Crippen LogP contribution is -2.58. The Kier molecular flexibility index (Phi) is 4.50. The highest BCUT2D eigenvalue weighted by atomic mass is 35.5. The summed E-state index contributed by atoms with van der Waals surface area (Å²) in [6.45, 7) is 3.34. The van der Waals surface area contributed by atoms with E-state index < -0.39 is 5.60 Å². The largest absolute Gasteiger partial charge is 0.380 e. The standard InChI is InChI=1S/C20H23NO.ClH/c22-20(17-7-3-1-4-8-17,18-9-5-2-6-10-18)19-11-14-21(15-12-19)16-13-19;/h1-10,22H,11-16H2;1H. The number of aliphatic hydroxyl groups is 1. The van der Waals surface area contributed by atoms with E-state index in [1.807, 2.05) is 36.4 Å². The zero-order valence-electron chi connectivity index (χ0n) is 13.3. The summed E-state index contributed by atoms with van der Waals surface area (Å²) in [6.07, 6.45) is 3.23. The van der Waals surface area contributed by atoms with Gasteiger partial charge in [0.2, 0.25) is 0 Å². The third-order valence-electron chi connectivity index (χ3n) is 5.87. The minimum atomic E-state index is -0.887. The average molecular weight is 330 g/mol. The lowest BCUT2D eigenvalue weighted by Gasteiger charge is -2.56. The number of halogens is 1. The van der Waals surface area contributed by atoms with Crippen LogP contribution in [0.3, 0.4) is 0 Å². The van der Waals surface area contributed by atoms with E-state index in [-0.39, 0.29) is 17.8 Å². The molecular weight excluding hydrogens is 306 g/mol. The molecule has 3 aliphatic rings. The average Bonchev–Trinajstić information content (AvgIpc) is 2.64. The van der Waals surface area contributed by atoms with Crippen LogP contribution in [0.15, 0.2) is 60.7 Å². The van der Waals surface area contributed by atoms with Gasteiger partial charge in [0.25, 0.3) is 0 Å². The topological polar surface area (TPSA) is 23.5 Å². The van der Waals surface area contributed by atoms with Crippen LogP contribution < -0.4 is 0 Å². The van der Waals surface area contributed by atoms with Gasteiger partial charge in [-0.25, -0.2) is 0 Å². The minimum Gasteiger partial charge on any atom is -0.380 e. The fourth-order valence-corrected chi connectivity index (χ4v) is 4.51. The molecule has 3 fully saturated rings. The Morgan fingerprint density at radius 1 is 0.739 bits per heavy atom. The first-order valence-electron chi connectivity index (χ1n) is 8.30. The summed E-state index contributed by atoms with van der Waals surface area (Å²) in [6, 6.07) is 20.5. The lowest BCUT2D eigenvalue weighted by molar-refractivity contribution is -0.125. The molecule has 0 amide bonds. The Bertz CT molecular complexity index is 582. The first kappa shape index (κ1) is 16.5. The number of nitrogens with zero attached hydrogens (tertiary/aromatic N) is 1. The molecule has 2 bridgehead atoms. The molecule has 3 aliphatic heterocycles. The van der Waals surface area contributed by atoms with Crippen LogP contribution in [0.2, 0.25) is 0 Å². The van der Waals surface area contributed by atoms with E-state index in [0.717, 1.165) is 50.0 Å². The summed E-state index contributed by atoms with van der Waals surface area (Å²) >= 11 is 0. The summed E-state index contributed by atoms with van der Waals surface area (Å²) in [5.41, 5.74) is 1.15. The van der Waals surface area contributed by atoms with Crippen LogP contribution in [-0.4, -0.2) is 29.6 Å². The quantitative estimate of drug-likeness (QED) is 0.925. The fraction of sp³-hybridized carbons (Fsp3) is 0.400. The molecule has 0 atom stereocenters. The van der Waals surface area contributed by atoms with Crippen LogP contribution >= 0.6 is 12.4 Å². The molecule has 0 radical (unpaired) electrons. The highest BCUT2D eigenvalue weighted by Gasteiger charge is 2.55. The van der Waals surface area contributed by atoms with Gasteiger partial charge in [-0.2, -0.15) is 0 Å². The minimum absolute atomic E-state index is 0. The maximum atomic E-state index is 12.0. The number of hydrogen-bond donors (Lipinski definition) is 1. The molecule has 2 aromatic rings. The van der Waals surface area contributed by atoms with Crippen LogP contribution in [0, 0.1) is 5.41 Å². The van der Waals surface area contributed by atoms with Crippen molar-refractivity contribution in [2.45, 2.75) is 24.9 Å². The predicted octanol–water partition coefficient (Wildman–Crippen LogP) is 3.83. The van der Waals surface area contributed by atoms with Crippen molar-refractivity contribution >= 4 is 12.4 Å². The van der Waals surface area contributed by atoms with Crippen molar-refractivity contribution in [1.29, 1.82) is 0 Å². The highest BCUT2D eigenvalue weighted by molar-refractivity contribution is 5.85. The molecule has 0 saturated carbocycles. The second kappa shape index (κ2) is 6.27. The van der Waals surface area contributed by atoms with Crippen LogP contribution in [0.1, 0.15) is 30.4 Å². The molecule has 0 unspecified atom stereocenters. The van der Waals surface area contributed by atoms with Gasteiger partial charge in [-0.15, -0.1) is 12.4 Å². The number of piperidine rings is 3. The van der Waals surface area contributed by atoms with Crippen LogP contribution in [0.25, 0.3) is 0 Å². The molecule has 122 valence electrons. The van der Waals surface area contributed by atoms with Crippen LogP contribution in [0.4, 0.5) is 0 Å². The molecule has 0 spiro atoms. The summed E-state index contributed by atoms with van der Waals surface area (Å²) in [7, 11) is 0. The van der Waals surface area contributed by atoms with Crippen molar-refractivity contribution < 1.29 is 5.11 Å². The molecule has 23 heavy (non-hydrogen) atoms. The normalized spacial score (nSPS) is 26.6. The van der Waals surface area contributed by atoms with Crippen LogP contribution in [0.5, 0.6) is 0 Å². The Morgan fingerprint density at radius 3 is 1.52 bits per heavy atom. The monoisotopic (exact) mass is 329 g/mol. The fourth-order valence-electron chi connectivity index (χ4n) is 4.51. The lowest BCUT2D eigenvalue weighted by atomic mass is 9.57. The van der Waals surface area contributed by atoms with E-state index in [9.17, 15) is 5.11 Å². The van der Waals surface area contributed by atoms with E-state index in [4.69, 9.17) is 0 Å². The summed E-state index contributed by atoms with van der Waals surface area (Å²) in [5.74, 6) is 0. The van der Waals surface area contributed by atoms with Gasteiger partial charge in [0.15, 0.2) is 0 Å². The molecule has 0 aliphatic carbocycles. The SMILES string of the molecule is Cl.OC(c1ccccc1)(c1ccccc1)C12CCN(CC1)CC2. The number of fused-ring (bicyclic) bond motifs is 3. The van der Waals surface area contributed by atoms with Crippen molar-refractivity contribution in [3.8, 4) is 0 Å². The van der Waals surface area contributed by atoms with Crippen molar-refractivity contribution in [3.63, 3.8) is 0 Å². The van der Waals surface area contributed by atoms with Gasteiger partial charge in [0.05, 0.1) is 0 Å². The number of rotatable bonds is 3. The first-order valence-corrected chi connectivity index (χ1v) is 8.30. The van der Waals surface area contributed by atoms with Crippen molar-refractivity contribution in [3.05, 3.63) is 71.8 Å². The third kappa shape index (κ3) is 2.50. The van der Waals surface area contributed by atoms with Gasteiger partial charge in [-0.1, -0.05) is 60.7 Å². The Balaban J connectivity index is 0.00000156. The predicted molar refractivity (Wildman–Crippen MR) is 95.9 cm³/mol. The van der Waals surface area contributed by atoms with E-state index >= 15 is 0 Å². The summed E-state index contributed by atoms with van der Waals surface area (Å²) < 4.78 is 0. The van der Waals surface area contributed by atoms with Gasteiger partial charge in [0.1, 0.15) is 5.60 Å². The maximum absolute atomic E-state index is 12.0. The molecule has 5 rings (SSSR count). The smallest absolute Gasteiger partial charge is 0.120 e. The first-order chi connectivity index (χ1) is 10.7. The van der Waals surface area contributed by atoms with E-state index in [2.05, 4.69) is 29.2 Å². The zero-order chi connectivity index (χ0) is 15.0. The number of hydrogen-bond acceptors (Lipinski definition) is 2. The van der Waals surface area contributed by atoms with Gasteiger partial charge in [-0.3, -0.25) is 0 Å². The van der Waals surface area contributed by atoms with Gasteiger partial charge >= 0.3 is 0 Å². The molecule has 3 heterocycles. The van der Waals surface area contributed by atoms with Gasteiger partial charge in [0, 0.05) is 5.41 Å². The van der Waals surface area contributed by atoms with Crippen molar-refractivity contribution in [2.75, 3.05) is 19.6 Å². The number of benzene rings is 2. The molecule has 2 aromatic carbocycles. The van der Waals surface area contributed by atoms with E-state index in [0.29, 0.717) is 0 Å². The summed E-state index contributed by atoms with van der Waals surface area (Å²) in [5, 5.41) is 12.0. The van der Waals surface area contributed by atoms with Gasteiger partial charge < -0.3 is 10.0 Å². The molecule has 2 nitrogen and oxygen atoms in total. The second-order valence-corrected chi connectivity index (χ2v) is 6.81. The highest BCUT2D eigenvalue weighted by Crippen LogP contribution is 2.55. The van der Waals surface area contributed by atoms with Crippen molar-refractivity contribution in [1.82, 2.24) is 4.90 Å².